The number of phenols is 1. The predicted molar refractivity (Wildman–Crippen MR) is 57.6 cm³/mol. The van der Waals surface area contributed by atoms with Crippen LogP contribution in [0.3, 0.4) is 0 Å². The number of nitrogens with one attached hydrogen (secondary N) is 1. The van der Waals surface area contributed by atoms with E-state index in [-0.39, 0.29) is 5.54 Å². The zero-order chi connectivity index (χ0) is 10.2. The van der Waals surface area contributed by atoms with E-state index < -0.39 is 0 Å². The van der Waals surface area contributed by atoms with Crippen LogP contribution in [0, 0.1) is 6.92 Å². The van der Waals surface area contributed by atoms with Gasteiger partial charge in [0.05, 0.1) is 0 Å². The summed E-state index contributed by atoms with van der Waals surface area (Å²) in [7, 11) is 2.00. The molecule has 0 spiro atoms. The lowest BCUT2D eigenvalue weighted by Crippen LogP contribution is -2.29. The Bertz CT molecular complexity index is 342. The van der Waals surface area contributed by atoms with Crippen molar-refractivity contribution in [1.82, 2.24) is 5.32 Å². The van der Waals surface area contributed by atoms with E-state index in [0.29, 0.717) is 5.75 Å². The predicted octanol–water partition coefficient (Wildman–Crippen LogP) is 2.00. The minimum Gasteiger partial charge on any atom is -0.508 e. The average Bonchev–Trinajstić information content (AvgIpc) is 2.92. The molecule has 0 radical (unpaired) electrons. The van der Waals surface area contributed by atoms with E-state index in [1.807, 2.05) is 13.1 Å². The quantitative estimate of drug-likeness (QED) is 0.766. The summed E-state index contributed by atoms with van der Waals surface area (Å²) in [4.78, 5) is 0. The summed E-state index contributed by atoms with van der Waals surface area (Å²) in [5.41, 5.74) is 2.55. The van der Waals surface area contributed by atoms with Crippen molar-refractivity contribution in [2.75, 3.05) is 7.05 Å². The number of aromatic hydroxyl groups is 1. The molecule has 1 aromatic carbocycles. The van der Waals surface area contributed by atoms with Gasteiger partial charge in [-0.05, 0) is 44.9 Å². The van der Waals surface area contributed by atoms with Crippen LogP contribution < -0.4 is 5.32 Å². The second kappa shape index (κ2) is 3.28. The fourth-order valence-corrected chi connectivity index (χ4v) is 1.89. The van der Waals surface area contributed by atoms with E-state index in [1.165, 1.54) is 18.4 Å². The van der Waals surface area contributed by atoms with Gasteiger partial charge >= 0.3 is 0 Å². The van der Waals surface area contributed by atoms with E-state index in [0.717, 1.165) is 12.0 Å². The van der Waals surface area contributed by atoms with Gasteiger partial charge in [0, 0.05) is 5.54 Å². The smallest absolute Gasteiger partial charge is 0.118 e. The van der Waals surface area contributed by atoms with Crippen molar-refractivity contribution in [3.63, 3.8) is 0 Å². The number of aryl methyl sites for hydroxylation is 1. The van der Waals surface area contributed by atoms with Crippen LogP contribution in [-0.2, 0) is 6.42 Å². The highest BCUT2D eigenvalue weighted by atomic mass is 16.3. The van der Waals surface area contributed by atoms with Gasteiger partial charge in [-0.2, -0.15) is 0 Å². The number of benzene rings is 1. The molecule has 0 atom stereocenters. The standard InChI is InChI=1S/C12H17NO/c1-9-3-4-11(14)10(7-9)8-12(13-2)5-6-12/h3-4,7,13-14H,5-6,8H2,1-2H3. The van der Waals surface area contributed by atoms with Crippen LogP contribution in [0.25, 0.3) is 0 Å². The van der Waals surface area contributed by atoms with Crippen molar-refractivity contribution in [2.24, 2.45) is 0 Å². The van der Waals surface area contributed by atoms with Crippen LogP contribution in [0.5, 0.6) is 5.75 Å². The lowest BCUT2D eigenvalue weighted by molar-refractivity contribution is 0.457. The van der Waals surface area contributed by atoms with Gasteiger partial charge in [0.15, 0.2) is 0 Å². The summed E-state index contributed by atoms with van der Waals surface area (Å²) in [6.07, 6.45) is 3.38. The molecule has 1 fully saturated rings. The lowest BCUT2D eigenvalue weighted by atomic mass is 10.0. The number of likely N-dealkylation sites (N-methyl/N-ethyl adjacent to an activating group) is 1. The molecule has 1 aliphatic rings. The van der Waals surface area contributed by atoms with Gasteiger partial charge in [-0.3, -0.25) is 0 Å². The largest absolute Gasteiger partial charge is 0.508 e. The molecule has 0 saturated heterocycles. The first-order chi connectivity index (χ1) is 6.65. The topological polar surface area (TPSA) is 32.3 Å². The average molecular weight is 191 g/mol. The first kappa shape index (κ1) is 9.53. The number of phenolic OH excluding ortho intramolecular Hbond substituents is 1. The maximum absolute atomic E-state index is 9.69. The van der Waals surface area contributed by atoms with E-state index in [1.54, 1.807) is 6.07 Å². The van der Waals surface area contributed by atoms with Crippen molar-refractivity contribution >= 4 is 0 Å². The zero-order valence-electron chi connectivity index (χ0n) is 8.80. The fraction of sp³-hybridized carbons (Fsp3) is 0.500. The number of rotatable bonds is 3. The molecule has 14 heavy (non-hydrogen) atoms. The summed E-state index contributed by atoms with van der Waals surface area (Å²) >= 11 is 0. The normalized spacial score (nSPS) is 18.1. The first-order valence-electron chi connectivity index (χ1n) is 5.13. The van der Waals surface area contributed by atoms with Gasteiger partial charge in [-0.15, -0.1) is 0 Å². The summed E-state index contributed by atoms with van der Waals surface area (Å²) in [6.45, 7) is 2.06. The molecule has 0 aliphatic heterocycles. The van der Waals surface area contributed by atoms with Crippen LogP contribution >= 0.6 is 0 Å². The minimum absolute atomic E-state index is 0.269. The van der Waals surface area contributed by atoms with Crippen molar-refractivity contribution in [1.29, 1.82) is 0 Å². The highest BCUT2D eigenvalue weighted by Gasteiger charge is 2.41. The molecule has 76 valence electrons. The number of hydrogen-bond donors (Lipinski definition) is 2. The van der Waals surface area contributed by atoms with E-state index in [4.69, 9.17) is 0 Å². The summed E-state index contributed by atoms with van der Waals surface area (Å²) < 4.78 is 0. The van der Waals surface area contributed by atoms with E-state index >= 15 is 0 Å². The SMILES string of the molecule is CNC1(Cc2cc(C)ccc2O)CC1. The van der Waals surface area contributed by atoms with Gasteiger partial charge in [0.1, 0.15) is 5.75 Å². The van der Waals surface area contributed by atoms with Crippen LogP contribution in [0.1, 0.15) is 24.0 Å². The van der Waals surface area contributed by atoms with Gasteiger partial charge in [-0.1, -0.05) is 17.7 Å². The Hall–Kier alpha value is -1.02. The Labute approximate surface area is 85.0 Å². The lowest BCUT2D eigenvalue weighted by Gasteiger charge is -2.15. The Morgan fingerprint density at radius 3 is 2.71 bits per heavy atom. The van der Waals surface area contributed by atoms with Gasteiger partial charge in [0.2, 0.25) is 0 Å². The molecular weight excluding hydrogens is 174 g/mol. The van der Waals surface area contributed by atoms with E-state index in [2.05, 4.69) is 18.3 Å². The molecule has 2 rings (SSSR count). The minimum atomic E-state index is 0.269. The highest BCUT2D eigenvalue weighted by molar-refractivity contribution is 5.37. The Kier molecular flexibility index (Phi) is 2.23. The monoisotopic (exact) mass is 191 g/mol. The summed E-state index contributed by atoms with van der Waals surface area (Å²) in [5.74, 6) is 0.428. The first-order valence-corrected chi connectivity index (χ1v) is 5.13. The molecule has 2 N–H and O–H groups in total. The second-order valence-corrected chi connectivity index (χ2v) is 4.34. The van der Waals surface area contributed by atoms with Crippen LogP contribution in [0.4, 0.5) is 0 Å². The molecule has 1 saturated carbocycles. The third-order valence-corrected chi connectivity index (χ3v) is 3.15. The third-order valence-electron chi connectivity index (χ3n) is 3.15. The van der Waals surface area contributed by atoms with Crippen molar-refractivity contribution < 1.29 is 5.11 Å². The van der Waals surface area contributed by atoms with Crippen LogP contribution in [0.15, 0.2) is 18.2 Å². The molecule has 0 heterocycles. The zero-order valence-corrected chi connectivity index (χ0v) is 8.80. The number of hydrogen-bond acceptors (Lipinski definition) is 2. The fourth-order valence-electron chi connectivity index (χ4n) is 1.89. The van der Waals surface area contributed by atoms with Crippen LogP contribution in [0.2, 0.25) is 0 Å². The second-order valence-electron chi connectivity index (χ2n) is 4.34. The molecule has 0 aromatic heterocycles. The molecular formula is C12H17NO. The van der Waals surface area contributed by atoms with Gasteiger partial charge < -0.3 is 10.4 Å². The highest BCUT2D eigenvalue weighted by Crippen LogP contribution is 2.39. The molecule has 0 bridgehead atoms. The molecule has 1 aromatic rings. The molecule has 2 nitrogen and oxygen atoms in total. The van der Waals surface area contributed by atoms with Gasteiger partial charge in [-0.25, -0.2) is 0 Å². The Balaban J connectivity index is 2.20. The Morgan fingerprint density at radius 2 is 2.14 bits per heavy atom. The van der Waals surface area contributed by atoms with Crippen molar-refractivity contribution in [3.8, 4) is 5.75 Å². The maximum Gasteiger partial charge on any atom is 0.118 e. The third kappa shape index (κ3) is 1.75. The summed E-state index contributed by atoms with van der Waals surface area (Å²) in [6, 6.07) is 5.81. The van der Waals surface area contributed by atoms with Crippen molar-refractivity contribution in [3.05, 3.63) is 29.3 Å². The molecule has 2 heteroatoms. The van der Waals surface area contributed by atoms with Crippen molar-refractivity contribution in [2.45, 2.75) is 31.7 Å². The van der Waals surface area contributed by atoms with Gasteiger partial charge in [0.25, 0.3) is 0 Å². The maximum atomic E-state index is 9.69. The summed E-state index contributed by atoms with van der Waals surface area (Å²) in [5, 5.41) is 13.0. The molecule has 0 unspecified atom stereocenters. The Morgan fingerprint density at radius 1 is 1.43 bits per heavy atom. The van der Waals surface area contributed by atoms with E-state index in [9.17, 15) is 5.11 Å². The molecule has 1 aliphatic carbocycles. The van der Waals surface area contributed by atoms with Crippen LogP contribution in [-0.4, -0.2) is 17.7 Å². The molecule has 0 amide bonds.